The number of fused-ring (bicyclic) bond motifs is 3. The Labute approximate surface area is 414 Å². The van der Waals surface area contributed by atoms with Gasteiger partial charge < -0.3 is 71.4 Å². The number of carboxylic acid groups (broad SMARTS) is 1. The van der Waals surface area contributed by atoms with Crippen LogP contribution in [0.1, 0.15) is 136 Å². The van der Waals surface area contributed by atoms with Crippen molar-refractivity contribution >= 4 is 52.9 Å². The van der Waals surface area contributed by atoms with Crippen LogP contribution < -0.4 is 31.3 Å². The highest BCUT2D eigenvalue weighted by Crippen LogP contribution is 2.52. The molecule has 11 N–H and O–H groups in total. The van der Waals surface area contributed by atoms with Crippen molar-refractivity contribution in [1.82, 2.24) is 26.6 Å². The lowest BCUT2D eigenvalue weighted by atomic mass is 9.72. The first-order chi connectivity index (χ1) is 33.8. The van der Waals surface area contributed by atoms with Crippen LogP contribution >= 0.6 is 0 Å². The highest BCUT2D eigenvalue weighted by atomic mass is 16.7. The average Bonchev–Trinajstić information content (AvgIpc) is 3.31. The summed E-state index contributed by atoms with van der Waals surface area (Å²) in [5.41, 5.74) is -4.50. The Morgan fingerprint density at radius 2 is 1.46 bits per heavy atom. The minimum atomic E-state index is -2.43. The number of carboxylic acids is 1. The number of phenolic OH excluding ortho intramolecular Hbond substituents is 2. The van der Waals surface area contributed by atoms with Gasteiger partial charge in [-0.15, -0.1) is 0 Å². The van der Waals surface area contributed by atoms with Crippen molar-refractivity contribution in [3.05, 3.63) is 51.6 Å². The molecular weight excluding hydrogens is 947 g/mol. The Balaban J connectivity index is 1.32. The van der Waals surface area contributed by atoms with Crippen molar-refractivity contribution in [2.24, 2.45) is 11.8 Å². The molecule has 2 aromatic carbocycles. The smallest absolute Gasteiger partial charge is 0.303 e. The number of methoxy groups -OCH3 is 1. The zero-order valence-corrected chi connectivity index (χ0v) is 41.2. The maximum Gasteiger partial charge on any atom is 0.303 e. The summed E-state index contributed by atoms with van der Waals surface area (Å²) in [7, 11) is 1.28. The molecule has 3 aliphatic rings. The molecule has 1 aliphatic heterocycles. The van der Waals surface area contributed by atoms with E-state index in [0.29, 0.717) is 0 Å². The van der Waals surface area contributed by atoms with Crippen LogP contribution in [0.4, 0.5) is 0 Å². The quantitative estimate of drug-likeness (QED) is 0.0595. The number of nitrogens with one attached hydrogen (secondary N) is 5. The maximum absolute atomic E-state index is 14.1. The van der Waals surface area contributed by atoms with Crippen LogP contribution in [0.2, 0.25) is 0 Å². The van der Waals surface area contributed by atoms with E-state index in [-0.39, 0.29) is 84.9 Å². The van der Waals surface area contributed by atoms with Crippen molar-refractivity contribution in [2.75, 3.05) is 20.3 Å². The first-order valence-electron chi connectivity index (χ1n) is 23.7. The third-order valence-corrected chi connectivity index (χ3v) is 12.8. The van der Waals surface area contributed by atoms with Gasteiger partial charge in [-0.1, -0.05) is 39.8 Å². The summed E-state index contributed by atoms with van der Waals surface area (Å²) in [6, 6.07) is -0.467. The zero-order chi connectivity index (χ0) is 53.5. The van der Waals surface area contributed by atoms with E-state index in [0.717, 1.165) is 0 Å². The second-order valence-electron chi connectivity index (χ2n) is 19.3. The van der Waals surface area contributed by atoms with Crippen LogP contribution in [0.25, 0.3) is 0 Å². The van der Waals surface area contributed by atoms with Gasteiger partial charge in [0, 0.05) is 55.3 Å². The summed E-state index contributed by atoms with van der Waals surface area (Å²) in [5.74, 6) is -9.18. The summed E-state index contributed by atoms with van der Waals surface area (Å²) in [5, 5.41) is 78.2. The fourth-order valence-corrected chi connectivity index (χ4v) is 9.11. The highest BCUT2D eigenvalue weighted by molar-refractivity contribution is 6.31. The van der Waals surface area contributed by atoms with Crippen molar-refractivity contribution in [1.29, 1.82) is 0 Å². The number of hydrogen-bond donors (Lipinski definition) is 11. The standard InChI is InChI=1S/C49H65N5O18/c1-21(2)15-28(52-34(58)13-14-50-33(57)11-12-35(59)60)47(67)51-23(5)46(66)54-29(16-22(3)4)48(68)53-27-17-36(71-24(6)41(27)61)72-31-19-49(69,32(56)20-55)18-26-38(31)45(65)40-39(43(26)63)42(62)25-9-8-10-30(70-7)37(25)44(40)64/h8-10,21-24,27-29,31,36,41,55,61,63,65,69H,11-20H2,1-7H3,(H,50,57)(H,51,67)(H,52,58)(H,53,68)(H,54,66)(H,59,60)/t23?,24-,27-,28?,29?,31-,36-,41+,49-/m0/s1. The van der Waals surface area contributed by atoms with Crippen molar-refractivity contribution in [3.8, 4) is 17.2 Å². The number of phenols is 2. The highest BCUT2D eigenvalue weighted by Gasteiger charge is 2.50. The van der Waals surface area contributed by atoms with Crippen molar-refractivity contribution in [3.63, 3.8) is 0 Å². The van der Waals surface area contributed by atoms with Gasteiger partial charge in [0.05, 0.1) is 48.5 Å². The number of Topliss-reactive ketones (excluding diaryl/α,β-unsaturated/α-hetero) is 1. The number of rotatable bonds is 22. The minimum Gasteiger partial charge on any atom is -0.507 e. The maximum atomic E-state index is 14.1. The lowest BCUT2D eigenvalue weighted by molar-refractivity contribution is -0.249. The molecule has 0 bridgehead atoms. The molecule has 5 rings (SSSR count). The van der Waals surface area contributed by atoms with Crippen LogP contribution in [0, 0.1) is 11.8 Å². The number of aliphatic hydroxyl groups excluding tert-OH is 2. The van der Waals surface area contributed by atoms with Gasteiger partial charge in [-0.05, 0) is 44.6 Å². The second-order valence-corrected chi connectivity index (χ2v) is 19.3. The van der Waals surface area contributed by atoms with Gasteiger partial charge >= 0.3 is 5.97 Å². The molecule has 1 fully saturated rings. The van der Waals surface area contributed by atoms with Gasteiger partial charge in [0.15, 0.2) is 17.9 Å². The molecule has 9 atom stereocenters. The average molecular weight is 1010 g/mol. The van der Waals surface area contributed by atoms with Gasteiger partial charge in [-0.2, -0.15) is 0 Å². The fourth-order valence-electron chi connectivity index (χ4n) is 9.11. The Bertz CT molecular complexity index is 2460. The molecule has 1 saturated heterocycles. The van der Waals surface area contributed by atoms with Crippen LogP contribution in [-0.2, 0) is 49.5 Å². The van der Waals surface area contributed by atoms with E-state index in [1.807, 2.05) is 13.8 Å². The molecule has 394 valence electrons. The number of amides is 5. The number of benzene rings is 2. The Morgan fingerprint density at radius 3 is 2.07 bits per heavy atom. The molecule has 0 spiro atoms. The van der Waals surface area contributed by atoms with E-state index < -0.39 is 149 Å². The van der Waals surface area contributed by atoms with Crippen LogP contribution in [0.15, 0.2) is 18.2 Å². The first-order valence-corrected chi connectivity index (χ1v) is 23.7. The van der Waals surface area contributed by atoms with Crippen LogP contribution in [0.5, 0.6) is 17.2 Å². The number of carbonyl (C=O) groups is 9. The van der Waals surface area contributed by atoms with E-state index in [1.165, 1.54) is 39.2 Å². The number of aliphatic carboxylic acids is 1. The molecule has 23 nitrogen and oxygen atoms in total. The third kappa shape index (κ3) is 12.9. The molecule has 23 heteroatoms. The minimum absolute atomic E-state index is 0.0151. The number of carbonyl (C=O) groups excluding carboxylic acids is 8. The molecule has 3 unspecified atom stereocenters. The monoisotopic (exact) mass is 1010 g/mol. The summed E-state index contributed by atoms with van der Waals surface area (Å²) in [6.45, 7) is 8.80. The van der Waals surface area contributed by atoms with Crippen LogP contribution in [0.3, 0.4) is 0 Å². The van der Waals surface area contributed by atoms with Crippen LogP contribution in [-0.4, -0.2) is 152 Å². The third-order valence-electron chi connectivity index (χ3n) is 12.8. The molecule has 2 aromatic rings. The van der Waals surface area contributed by atoms with Gasteiger partial charge in [-0.3, -0.25) is 43.2 Å². The summed E-state index contributed by atoms with van der Waals surface area (Å²) in [4.78, 5) is 118. The lowest BCUT2D eigenvalue weighted by Gasteiger charge is -2.43. The molecule has 0 radical (unpaired) electrons. The Kier molecular flexibility index (Phi) is 18.6. The van der Waals surface area contributed by atoms with E-state index in [4.69, 9.17) is 19.3 Å². The first kappa shape index (κ1) is 56.4. The summed E-state index contributed by atoms with van der Waals surface area (Å²) >= 11 is 0. The van der Waals surface area contributed by atoms with Crippen molar-refractivity contribution in [2.45, 2.75) is 147 Å². The molecular formula is C49H65N5O18. The number of ether oxygens (including phenoxy) is 3. The van der Waals surface area contributed by atoms with E-state index in [9.17, 15) is 68.7 Å². The van der Waals surface area contributed by atoms with E-state index in [1.54, 1.807) is 13.8 Å². The largest absolute Gasteiger partial charge is 0.507 e. The fraction of sp³-hybridized carbons (Fsp3) is 0.571. The Morgan fingerprint density at radius 1 is 0.819 bits per heavy atom. The second kappa shape index (κ2) is 23.8. The number of hydrogen-bond acceptors (Lipinski definition) is 17. The molecule has 0 aromatic heterocycles. The normalized spacial score (nSPS) is 22.6. The lowest BCUT2D eigenvalue weighted by Crippen LogP contribution is -2.60. The van der Waals surface area contributed by atoms with Gasteiger partial charge in [-0.25, -0.2) is 0 Å². The molecule has 0 saturated carbocycles. The van der Waals surface area contributed by atoms with Crippen molar-refractivity contribution < 1.29 is 88.0 Å². The predicted molar refractivity (Wildman–Crippen MR) is 251 cm³/mol. The topological polar surface area (TPSA) is 363 Å². The van der Waals surface area contributed by atoms with Gasteiger partial charge in [0.25, 0.3) is 0 Å². The number of aliphatic hydroxyl groups is 3. The molecule has 5 amide bonds. The SMILES string of the molecule is COc1cccc2c1C(=O)c1c(O)c3c(c(O)c1C2=O)C[C@@](O)(C(=O)CO)C[C@@H]3O[C@H]1C[C@H](NC(=O)C(CC(C)C)NC(=O)C(C)NC(=O)C(CC(C)C)NC(=O)CCNC(=O)CCC(=O)O)[C@H](O)[C@H](C)O1. The molecule has 2 aliphatic carbocycles. The molecule has 72 heavy (non-hydrogen) atoms. The molecule has 1 heterocycles. The predicted octanol–water partition coefficient (Wildman–Crippen LogP) is 0.0964. The van der Waals surface area contributed by atoms with E-state index >= 15 is 0 Å². The van der Waals surface area contributed by atoms with E-state index in [2.05, 4.69) is 26.6 Å². The summed E-state index contributed by atoms with van der Waals surface area (Å²) < 4.78 is 17.6. The summed E-state index contributed by atoms with van der Waals surface area (Å²) in [6.07, 6.45) is -7.70. The van der Waals surface area contributed by atoms with Gasteiger partial charge in [0.1, 0.15) is 53.7 Å². The number of aromatic hydroxyl groups is 2. The van der Waals surface area contributed by atoms with Gasteiger partial charge in [0.2, 0.25) is 35.3 Å². The zero-order valence-electron chi connectivity index (χ0n) is 41.2. The Hall–Kier alpha value is -6.53. The number of ketones is 3.